The molecule has 0 amide bonds. The molecule has 0 radical (unpaired) electrons. The van der Waals surface area contributed by atoms with Gasteiger partial charge in [-0.15, -0.1) is 0 Å². The third kappa shape index (κ3) is 1.40. The zero-order chi connectivity index (χ0) is 10.1. The molecule has 0 unspecified atom stereocenters. The summed E-state index contributed by atoms with van der Waals surface area (Å²) in [7, 11) is 0. The first-order valence-electron chi connectivity index (χ1n) is 4.60. The molecule has 1 heterocycles. The van der Waals surface area contributed by atoms with E-state index in [9.17, 15) is 4.39 Å². The quantitative estimate of drug-likeness (QED) is 0.795. The van der Waals surface area contributed by atoms with E-state index in [0.717, 1.165) is 23.1 Å². The van der Waals surface area contributed by atoms with Crippen LogP contribution < -0.4 is 5.73 Å². The maximum Gasteiger partial charge on any atom is 0.137 e. The van der Waals surface area contributed by atoms with Crippen LogP contribution in [0.15, 0.2) is 22.6 Å². The van der Waals surface area contributed by atoms with Crippen LogP contribution in [0, 0.1) is 12.7 Å². The van der Waals surface area contributed by atoms with Crippen molar-refractivity contribution >= 4 is 11.0 Å². The SMILES string of the molecule is Cc1oc2cc(F)ccc2c1CCN. The Morgan fingerprint density at radius 2 is 2.21 bits per heavy atom. The van der Waals surface area contributed by atoms with Gasteiger partial charge in [0, 0.05) is 17.0 Å². The minimum atomic E-state index is -0.273. The number of hydrogen-bond acceptors (Lipinski definition) is 2. The molecular formula is C11H12FNO. The van der Waals surface area contributed by atoms with Crippen LogP contribution in [0.4, 0.5) is 4.39 Å². The summed E-state index contributed by atoms with van der Waals surface area (Å²) < 4.78 is 18.3. The fourth-order valence-electron chi connectivity index (χ4n) is 1.70. The minimum absolute atomic E-state index is 0.273. The number of benzene rings is 1. The molecule has 74 valence electrons. The molecule has 0 saturated heterocycles. The van der Waals surface area contributed by atoms with Crippen LogP contribution in [-0.4, -0.2) is 6.54 Å². The summed E-state index contributed by atoms with van der Waals surface area (Å²) in [5.41, 5.74) is 7.18. The monoisotopic (exact) mass is 193 g/mol. The first-order valence-corrected chi connectivity index (χ1v) is 4.60. The van der Waals surface area contributed by atoms with Crippen molar-refractivity contribution in [3.8, 4) is 0 Å². The summed E-state index contributed by atoms with van der Waals surface area (Å²) in [6.07, 6.45) is 0.768. The van der Waals surface area contributed by atoms with Crippen molar-refractivity contribution in [3.63, 3.8) is 0 Å². The maximum absolute atomic E-state index is 12.9. The minimum Gasteiger partial charge on any atom is -0.461 e. The third-order valence-corrected chi connectivity index (χ3v) is 2.35. The zero-order valence-electron chi connectivity index (χ0n) is 8.01. The van der Waals surface area contributed by atoms with Gasteiger partial charge < -0.3 is 10.2 Å². The molecule has 2 N–H and O–H groups in total. The van der Waals surface area contributed by atoms with Crippen molar-refractivity contribution in [2.45, 2.75) is 13.3 Å². The fraction of sp³-hybridized carbons (Fsp3) is 0.273. The molecule has 0 aliphatic rings. The Kier molecular flexibility index (Phi) is 2.25. The predicted molar refractivity (Wildman–Crippen MR) is 53.7 cm³/mol. The summed E-state index contributed by atoms with van der Waals surface area (Å²) in [5, 5.41) is 0.967. The Bertz CT molecular complexity index is 462. The highest BCUT2D eigenvalue weighted by Crippen LogP contribution is 2.26. The molecule has 14 heavy (non-hydrogen) atoms. The Morgan fingerprint density at radius 3 is 2.93 bits per heavy atom. The molecule has 0 saturated carbocycles. The number of furan rings is 1. The molecule has 0 aliphatic carbocycles. The van der Waals surface area contributed by atoms with Gasteiger partial charge in [-0.25, -0.2) is 4.39 Å². The average molecular weight is 193 g/mol. The molecule has 0 fully saturated rings. The Morgan fingerprint density at radius 1 is 1.43 bits per heavy atom. The van der Waals surface area contributed by atoms with Crippen LogP contribution in [0.5, 0.6) is 0 Å². The van der Waals surface area contributed by atoms with Gasteiger partial charge in [0.15, 0.2) is 0 Å². The average Bonchev–Trinajstić information content (AvgIpc) is 2.43. The van der Waals surface area contributed by atoms with Gasteiger partial charge in [-0.1, -0.05) is 0 Å². The van der Waals surface area contributed by atoms with Gasteiger partial charge in [0.05, 0.1) is 0 Å². The zero-order valence-corrected chi connectivity index (χ0v) is 8.01. The van der Waals surface area contributed by atoms with Crippen LogP contribution in [-0.2, 0) is 6.42 Å². The lowest BCUT2D eigenvalue weighted by Crippen LogP contribution is -2.02. The molecule has 0 spiro atoms. The van der Waals surface area contributed by atoms with Crippen LogP contribution in [0.1, 0.15) is 11.3 Å². The van der Waals surface area contributed by atoms with Gasteiger partial charge in [-0.05, 0) is 32.0 Å². The molecule has 0 aliphatic heterocycles. The second kappa shape index (κ2) is 3.42. The van der Waals surface area contributed by atoms with E-state index < -0.39 is 0 Å². The highest BCUT2D eigenvalue weighted by Gasteiger charge is 2.10. The largest absolute Gasteiger partial charge is 0.461 e. The highest BCUT2D eigenvalue weighted by atomic mass is 19.1. The lowest BCUT2D eigenvalue weighted by atomic mass is 10.1. The molecule has 0 atom stereocenters. The van der Waals surface area contributed by atoms with Gasteiger partial charge in [-0.3, -0.25) is 0 Å². The Balaban J connectivity index is 2.64. The molecule has 3 heteroatoms. The van der Waals surface area contributed by atoms with E-state index in [2.05, 4.69) is 0 Å². The maximum atomic E-state index is 12.9. The first kappa shape index (κ1) is 9.21. The normalized spacial score (nSPS) is 11.1. The van der Waals surface area contributed by atoms with Crippen molar-refractivity contribution in [3.05, 3.63) is 35.3 Å². The van der Waals surface area contributed by atoms with E-state index in [-0.39, 0.29) is 5.82 Å². The predicted octanol–water partition coefficient (Wildman–Crippen LogP) is 2.38. The fourth-order valence-corrected chi connectivity index (χ4v) is 1.70. The second-order valence-electron chi connectivity index (χ2n) is 3.32. The van der Waals surface area contributed by atoms with E-state index in [1.807, 2.05) is 6.92 Å². The number of hydrogen-bond donors (Lipinski definition) is 1. The molecule has 0 bridgehead atoms. The molecular weight excluding hydrogens is 181 g/mol. The lowest BCUT2D eigenvalue weighted by molar-refractivity contribution is 0.565. The summed E-state index contributed by atoms with van der Waals surface area (Å²) in [5.74, 6) is 0.557. The first-order chi connectivity index (χ1) is 6.72. The molecule has 2 aromatic rings. The topological polar surface area (TPSA) is 39.2 Å². The van der Waals surface area contributed by atoms with Crippen molar-refractivity contribution in [1.82, 2.24) is 0 Å². The summed E-state index contributed by atoms with van der Waals surface area (Å²) in [6.45, 7) is 2.45. The number of aryl methyl sites for hydroxylation is 1. The molecule has 1 aromatic carbocycles. The summed E-state index contributed by atoms with van der Waals surface area (Å²) in [4.78, 5) is 0. The van der Waals surface area contributed by atoms with Crippen molar-refractivity contribution in [1.29, 1.82) is 0 Å². The molecule has 2 nitrogen and oxygen atoms in total. The van der Waals surface area contributed by atoms with Gasteiger partial charge in [-0.2, -0.15) is 0 Å². The Hall–Kier alpha value is -1.35. The van der Waals surface area contributed by atoms with E-state index >= 15 is 0 Å². The summed E-state index contributed by atoms with van der Waals surface area (Å²) >= 11 is 0. The number of nitrogens with two attached hydrogens (primary N) is 1. The molecule has 2 rings (SSSR count). The van der Waals surface area contributed by atoms with E-state index in [4.69, 9.17) is 10.2 Å². The number of halogens is 1. The van der Waals surface area contributed by atoms with Crippen molar-refractivity contribution < 1.29 is 8.81 Å². The number of rotatable bonds is 2. The van der Waals surface area contributed by atoms with Crippen molar-refractivity contribution in [2.24, 2.45) is 5.73 Å². The van der Waals surface area contributed by atoms with Gasteiger partial charge >= 0.3 is 0 Å². The second-order valence-corrected chi connectivity index (χ2v) is 3.32. The van der Waals surface area contributed by atoms with E-state index in [1.165, 1.54) is 12.1 Å². The highest BCUT2D eigenvalue weighted by molar-refractivity contribution is 5.82. The van der Waals surface area contributed by atoms with E-state index in [1.54, 1.807) is 6.07 Å². The van der Waals surface area contributed by atoms with Crippen LogP contribution in [0.25, 0.3) is 11.0 Å². The van der Waals surface area contributed by atoms with E-state index in [0.29, 0.717) is 12.1 Å². The van der Waals surface area contributed by atoms with Crippen LogP contribution in [0.2, 0.25) is 0 Å². The van der Waals surface area contributed by atoms with Crippen LogP contribution in [0.3, 0.4) is 0 Å². The smallest absolute Gasteiger partial charge is 0.137 e. The lowest BCUT2D eigenvalue weighted by Gasteiger charge is -1.95. The third-order valence-electron chi connectivity index (χ3n) is 2.35. The summed E-state index contributed by atoms with van der Waals surface area (Å²) in [6, 6.07) is 4.59. The Labute approximate surface area is 81.5 Å². The van der Waals surface area contributed by atoms with Crippen LogP contribution >= 0.6 is 0 Å². The van der Waals surface area contributed by atoms with Crippen molar-refractivity contribution in [2.75, 3.05) is 6.54 Å². The standard InChI is InChI=1S/C11H12FNO/c1-7-9(4-5-13)10-3-2-8(12)6-11(10)14-7/h2-3,6H,4-5,13H2,1H3. The van der Waals surface area contributed by atoms with Gasteiger partial charge in [0.1, 0.15) is 17.2 Å². The van der Waals surface area contributed by atoms with Gasteiger partial charge in [0.2, 0.25) is 0 Å². The molecule has 1 aromatic heterocycles. The number of fused-ring (bicyclic) bond motifs is 1. The van der Waals surface area contributed by atoms with Gasteiger partial charge in [0.25, 0.3) is 0 Å².